The molecule has 0 aromatic rings. The van der Waals surface area contributed by atoms with Crippen LogP contribution in [0.4, 0.5) is 0 Å². The molecule has 146 valence electrons. The third-order valence-corrected chi connectivity index (χ3v) is 6.09. The minimum absolute atomic E-state index is 0.0142. The van der Waals surface area contributed by atoms with E-state index >= 15 is 0 Å². The lowest BCUT2D eigenvalue weighted by atomic mass is 9.83. The fraction of sp³-hybridized carbons (Fsp3) is 0.842. The van der Waals surface area contributed by atoms with E-state index in [9.17, 15) is 19.5 Å². The van der Waals surface area contributed by atoms with E-state index in [1.807, 2.05) is 13.8 Å². The Bertz CT molecular complexity index is 585. The minimum atomic E-state index is -1.35. The van der Waals surface area contributed by atoms with Crippen LogP contribution in [0.2, 0.25) is 0 Å². The summed E-state index contributed by atoms with van der Waals surface area (Å²) in [6.07, 6.45) is 4.73. The van der Waals surface area contributed by atoms with Gasteiger partial charge in [0, 0.05) is 6.54 Å². The van der Waals surface area contributed by atoms with Crippen LogP contribution in [0.15, 0.2) is 0 Å². The Hall–Kier alpha value is -1.47. The zero-order valence-electron chi connectivity index (χ0n) is 15.8. The van der Waals surface area contributed by atoms with E-state index in [1.54, 1.807) is 4.90 Å². The molecule has 2 heterocycles. The molecule has 26 heavy (non-hydrogen) atoms. The molecule has 1 saturated carbocycles. The number of carbonyl (C=O) groups excluding carboxylic acids is 3. The molecule has 2 saturated heterocycles. The van der Waals surface area contributed by atoms with Crippen LogP contribution in [0, 0.1) is 5.92 Å². The summed E-state index contributed by atoms with van der Waals surface area (Å²) in [4.78, 5) is 41.4. The maximum absolute atomic E-state index is 13.0. The number of carbonyl (C=O) groups is 3. The molecule has 0 spiro atoms. The van der Waals surface area contributed by atoms with Crippen LogP contribution < -0.4 is 5.73 Å². The van der Waals surface area contributed by atoms with E-state index in [0.717, 1.165) is 19.3 Å². The molecule has 3 aliphatic rings. The fourth-order valence-corrected chi connectivity index (χ4v) is 4.78. The number of likely N-dealkylation sites (tertiary alicyclic amines) is 2. The number of Topliss-reactive ketones (excluding diaryl/α,β-unsaturated/α-hetero) is 1. The average molecular weight is 365 g/mol. The number of aliphatic hydroxyl groups is 1. The molecule has 3 rings (SSSR count). The maximum atomic E-state index is 13.0. The van der Waals surface area contributed by atoms with Crippen LogP contribution in [0.1, 0.15) is 58.8 Å². The molecule has 0 aromatic carbocycles. The first-order valence-corrected chi connectivity index (χ1v) is 9.87. The van der Waals surface area contributed by atoms with Gasteiger partial charge in [-0.1, -0.05) is 33.1 Å². The molecule has 3 unspecified atom stereocenters. The van der Waals surface area contributed by atoms with E-state index < -0.39 is 17.7 Å². The predicted octanol–water partition coefficient (Wildman–Crippen LogP) is 0.436. The van der Waals surface area contributed by atoms with Crippen LogP contribution in [-0.2, 0) is 14.4 Å². The largest absolute Gasteiger partial charge is 0.380 e. The second-order valence-corrected chi connectivity index (χ2v) is 8.56. The zero-order chi connectivity index (χ0) is 19.1. The van der Waals surface area contributed by atoms with Gasteiger partial charge in [-0.2, -0.15) is 0 Å². The quantitative estimate of drug-likeness (QED) is 0.752. The van der Waals surface area contributed by atoms with E-state index in [1.165, 1.54) is 4.90 Å². The van der Waals surface area contributed by atoms with Gasteiger partial charge in [-0.25, -0.2) is 0 Å². The van der Waals surface area contributed by atoms with Gasteiger partial charge < -0.3 is 20.6 Å². The molecule has 0 radical (unpaired) electrons. The summed E-state index contributed by atoms with van der Waals surface area (Å²) in [7, 11) is 0. The third-order valence-electron chi connectivity index (χ3n) is 6.09. The van der Waals surface area contributed by atoms with Gasteiger partial charge in [0.1, 0.15) is 11.6 Å². The SMILES string of the molecule is CC(C)CC(N)C(=O)N1CCC2C1C(=O)CN2C(=O)C1(O)CCCCC1. The van der Waals surface area contributed by atoms with Gasteiger partial charge in [-0.05, 0) is 31.6 Å². The van der Waals surface area contributed by atoms with Crippen molar-refractivity contribution in [2.45, 2.75) is 82.5 Å². The van der Waals surface area contributed by atoms with E-state index in [-0.39, 0.29) is 30.2 Å². The number of fused-ring (bicyclic) bond motifs is 1. The van der Waals surface area contributed by atoms with Crippen molar-refractivity contribution in [2.24, 2.45) is 11.7 Å². The maximum Gasteiger partial charge on any atom is 0.255 e. The van der Waals surface area contributed by atoms with Crippen molar-refractivity contribution in [1.82, 2.24) is 9.80 Å². The average Bonchev–Trinajstić information content (AvgIpc) is 3.15. The molecule has 7 nitrogen and oxygen atoms in total. The summed E-state index contributed by atoms with van der Waals surface area (Å²) in [6.45, 7) is 4.44. The highest BCUT2D eigenvalue weighted by Gasteiger charge is 2.54. The zero-order valence-corrected chi connectivity index (χ0v) is 15.8. The molecule has 1 aliphatic carbocycles. The van der Waals surface area contributed by atoms with Gasteiger partial charge in [-0.3, -0.25) is 14.4 Å². The minimum Gasteiger partial charge on any atom is -0.380 e. The van der Waals surface area contributed by atoms with Crippen LogP contribution >= 0.6 is 0 Å². The molecular weight excluding hydrogens is 334 g/mol. The molecular formula is C19H31N3O4. The molecule has 3 fully saturated rings. The normalized spacial score (nSPS) is 29.2. The van der Waals surface area contributed by atoms with Crippen molar-refractivity contribution in [3.63, 3.8) is 0 Å². The van der Waals surface area contributed by atoms with Crippen molar-refractivity contribution in [3.05, 3.63) is 0 Å². The second-order valence-electron chi connectivity index (χ2n) is 8.56. The summed E-state index contributed by atoms with van der Waals surface area (Å²) in [5.74, 6) is -0.361. The number of ketones is 1. The number of nitrogens with two attached hydrogens (primary N) is 1. The van der Waals surface area contributed by atoms with Gasteiger partial charge in [0.2, 0.25) is 5.91 Å². The third kappa shape index (κ3) is 3.39. The first-order chi connectivity index (χ1) is 12.2. The number of nitrogens with zero attached hydrogens (tertiary/aromatic N) is 2. The number of rotatable bonds is 4. The van der Waals surface area contributed by atoms with Crippen molar-refractivity contribution >= 4 is 17.6 Å². The van der Waals surface area contributed by atoms with E-state index in [2.05, 4.69) is 0 Å². The van der Waals surface area contributed by atoms with Gasteiger partial charge in [0.05, 0.1) is 18.6 Å². The lowest BCUT2D eigenvalue weighted by Gasteiger charge is -2.36. The van der Waals surface area contributed by atoms with Crippen molar-refractivity contribution in [2.75, 3.05) is 13.1 Å². The second kappa shape index (κ2) is 7.27. The summed E-state index contributed by atoms with van der Waals surface area (Å²) < 4.78 is 0. The number of hydrogen-bond acceptors (Lipinski definition) is 5. The topological polar surface area (TPSA) is 104 Å². The van der Waals surface area contributed by atoms with Crippen LogP contribution in [0.5, 0.6) is 0 Å². The van der Waals surface area contributed by atoms with Crippen LogP contribution in [0.25, 0.3) is 0 Å². The molecule has 3 N–H and O–H groups in total. The van der Waals surface area contributed by atoms with E-state index in [0.29, 0.717) is 38.1 Å². The Balaban J connectivity index is 1.73. The first-order valence-electron chi connectivity index (χ1n) is 9.87. The number of amides is 2. The summed E-state index contributed by atoms with van der Waals surface area (Å²) in [5.41, 5.74) is 4.69. The fourth-order valence-electron chi connectivity index (χ4n) is 4.78. The van der Waals surface area contributed by atoms with Gasteiger partial charge >= 0.3 is 0 Å². The highest BCUT2D eigenvalue weighted by Crippen LogP contribution is 2.36. The smallest absolute Gasteiger partial charge is 0.255 e. The monoisotopic (exact) mass is 365 g/mol. The highest BCUT2D eigenvalue weighted by molar-refractivity contribution is 5.99. The molecule has 0 aromatic heterocycles. The Labute approximate surface area is 154 Å². The first kappa shape index (κ1) is 19.3. The number of hydrogen-bond donors (Lipinski definition) is 2. The Morgan fingerprint density at radius 2 is 1.88 bits per heavy atom. The molecule has 7 heteroatoms. The summed E-state index contributed by atoms with van der Waals surface area (Å²) >= 11 is 0. The summed E-state index contributed by atoms with van der Waals surface area (Å²) in [5, 5.41) is 10.8. The van der Waals surface area contributed by atoms with Crippen molar-refractivity contribution < 1.29 is 19.5 Å². The van der Waals surface area contributed by atoms with Crippen LogP contribution in [-0.4, -0.2) is 69.3 Å². The Kier molecular flexibility index (Phi) is 5.40. The predicted molar refractivity (Wildman–Crippen MR) is 96.1 cm³/mol. The van der Waals surface area contributed by atoms with Crippen molar-refractivity contribution in [3.8, 4) is 0 Å². The lowest BCUT2D eigenvalue weighted by Crippen LogP contribution is -2.53. The van der Waals surface area contributed by atoms with Gasteiger partial charge in [0.15, 0.2) is 5.78 Å². The van der Waals surface area contributed by atoms with Crippen molar-refractivity contribution in [1.29, 1.82) is 0 Å². The molecule has 2 aliphatic heterocycles. The molecule has 0 bridgehead atoms. The molecule has 3 atom stereocenters. The van der Waals surface area contributed by atoms with Gasteiger partial charge in [0.25, 0.3) is 5.91 Å². The van der Waals surface area contributed by atoms with Gasteiger partial charge in [-0.15, -0.1) is 0 Å². The Morgan fingerprint density at radius 3 is 2.50 bits per heavy atom. The van der Waals surface area contributed by atoms with Crippen LogP contribution in [0.3, 0.4) is 0 Å². The molecule has 2 amide bonds. The highest BCUT2D eigenvalue weighted by atomic mass is 16.3. The lowest BCUT2D eigenvalue weighted by molar-refractivity contribution is -0.156. The van der Waals surface area contributed by atoms with E-state index in [4.69, 9.17) is 5.73 Å². The Morgan fingerprint density at radius 1 is 1.23 bits per heavy atom. The summed E-state index contributed by atoms with van der Waals surface area (Å²) in [6, 6.07) is -1.54. The standard InChI is InChI=1S/C19H31N3O4/c1-12(2)10-13(20)17(24)21-9-6-14-16(21)15(23)11-22(14)18(25)19(26)7-4-3-5-8-19/h12-14,16,26H,3-11,20H2,1-2H3.